The van der Waals surface area contributed by atoms with E-state index in [9.17, 15) is 0 Å². The van der Waals surface area contributed by atoms with Crippen molar-refractivity contribution in [1.29, 1.82) is 0 Å². The topological polar surface area (TPSA) is 48.0 Å². The summed E-state index contributed by atoms with van der Waals surface area (Å²) in [5.74, 6) is 0.293. The lowest BCUT2D eigenvalue weighted by Crippen LogP contribution is -2.46. The van der Waals surface area contributed by atoms with Crippen LogP contribution in [0.3, 0.4) is 0 Å². The van der Waals surface area contributed by atoms with Crippen LogP contribution in [0.25, 0.3) is 0 Å². The van der Waals surface area contributed by atoms with Crippen LogP contribution in [0.2, 0.25) is 5.02 Å². The predicted molar refractivity (Wildman–Crippen MR) is 112 cm³/mol. The Labute approximate surface area is 171 Å². The van der Waals surface area contributed by atoms with Crippen LogP contribution < -0.4 is 0 Å². The molecular weight excluding hydrogens is 370 g/mol. The van der Waals surface area contributed by atoms with E-state index in [4.69, 9.17) is 11.6 Å². The summed E-state index contributed by atoms with van der Waals surface area (Å²) < 4.78 is 0. The van der Waals surface area contributed by atoms with Crippen molar-refractivity contribution in [2.24, 2.45) is 0 Å². The van der Waals surface area contributed by atoms with E-state index in [2.05, 4.69) is 49.0 Å². The van der Waals surface area contributed by atoms with Crippen LogP contribution in [0, 0.1) is 0 Å². The lowest BCUT2D eigenvalue weighted by molar-refractivity contribution is 0.124. The summed E-state index contributed by atoms with van der Waals surface area (Å²) in [6.45, 7) is 6.41. The van der Waals surface area contributed by atoms with Gasteiger partial charge in [-0.1, -0.05) is 29.8 Å². The molecule has 5 nitrogen and oxygen atoms in total. The number of aromatic amines is 1. The van der Waals surface area contributed by atoms with Crippen LogP contribution in [0.15, 0.2) is 61.2 Å². The molecule has 0 saturated carbocycles. The number of benzene rings is 1. The Morgan fingerprint density at radius 3 is 2.46 bits per heavy atom. The summed E-state index contributed by atoms with van der Waals surface area (Å²) in [6, 6.07) is 14.4. The normalized spacial score (nSPS) is 16.9. The Morgan fingerprint density at radius 2 is 1.79 bits per heavy atom. The first-order valence-electron chi connectivity index (χ1n) is 9.86. The molecule has 0 radical (unpaired) electrons. The van der Waals surface area contributed by atoms with Crippen molar-refractivity contribution in [2.45, 2.75) is 18.9 Å². The molecule has 1 aromatic carbocycles. The van der Waals surface area contributed by atoms with Crippen molar-refractivity contribution in [1.82, 2.24) is 24.8 Å². The third-order valence-corrected chi connectivity index (χ3v) is 5.72. The average Bonchev–Trinajstić information content (AvgIpc) is 3.24. The van der Waals surface area contributed by atoms with Crippen LogP contribution in [0.1, 0.15) is 29.3 Å². The summed E-state index contributed by atoms with van der Waals surface area (Å²) in [5, 5.41) is 0.775. The van der Waals surface area contributed by atoms with Gasteiger partial charge in [-0.2, -0.15) is 0 Å². The number of hydrogen-bond donors (Lipinski definition) is 1. The van der Waals surface area contributed by atoms with Gasteiger partial charge in [-0.25, -0.2) is 4.98 Å². The number of imidazole rings is 1. The van der Waals surface area contributed by atoms with E-state index in [0.717, 1.165) is 56.4 Å². The molecule has 146 valence electrons. The Balaban J connectivity index is 1.35. The van der Waals surface area contributed by atoms with Crippen molar-refractivity contribution in [2.75, 3.05) is 32.7 Å². The number of rotatable bonds is 7. The standard InChI is InChI=1S/C22H26ClN5/c23-19-6-4-18(5-7-19)21(22-3-1-2-9-25-22)8-10-27-11-13-28(14-12-27)16-20-15-24-17-26-20/h1-7,9,15,17,21H,8,10-14,16H2,(H,24,26). The number of piperazine rings is 1. The number of pyridine rings is 1. The Hall–Kier alpha value is -2.21. The van der Waals surface area contributed by atoms with Crippen LogP contribution >= 0.6 is 11.6 Å². The van der Waals surface area contributed by atoms with E-state index in [1.807, 2.05) is 30.6 Å². The van der Waals surface area contributed by atoms with E-state index in [-0.39, 0.29) is 0 Å². The predicted octanol–water partition coefficient (Wildman–Crippen LogP) is 3.80. The van der Waals surface area contributed by atoms with Gasteiger partial charge >= 0.3 is 0 Å². The van der Waals surface area contributed by atoms with E-state index < -0.39 is 0 Å². The summed E-state index contributed by atoms with van der Waals surface area (Å²) in [4.78, 5) is 17.0. The summed E-state index contributed by atoms with van der Waals surface area (Å²) >= 11 is 6.09. The molecule has 3 aromatic rings. The first-order valence-corrected chi connectivity index (χ1v) is 10.2. The third kappa shape index (κ3) is 4.98. The molecule has 1 fully saturated rings. The maximum absolute atomic E-state index is 6.09. The Morgan fingerprint density at radius 1 is 1.00 bits per heavy atom. The minimum absolute atomic E-state index is 0.293. The Kier molecular flexibility index (Phi) is 6.37. The molecule has 1 unspecified atom stereocenters. The van der Waals surface area contributed by atoms with Gasteiger partial charge < -0.3 is 9.88 Å². The highest BCUT2D eigenvalue weighted by Gasteiger charge is 2.21. The van der Waals surface area contributed by atoms with Gasteiger partial charge in [-0.15, -0.1) is 0 Å². The molecule has 28 heavy (non-hydrogen) atoms. The van der Waals surface area contributed by atoms with Gasteiger partial charge in [-0.05, 0) is 42.8 Å². The molecule has 6 heteroatoms. The molecule has 0 bridgehead atoms. The number of H-pyrrole nitrogens is 1. The minimum Gasteiger partial charge on any atom is -0.347 e. The maximum Gasteiger partial charge on any atom is 0.0922 e. The molecule has 0 spiro atoms. The molecule has 2 aromatic heterocycles. The first kappa shape index (κ1) is 19.1. The molecule has 1 atom stereocenters. The number of nitrogens with zero attached hydrogens (tertiary/aromatic N) is 4. The van der Waals surface area contributed by atoms with Gasteiger partial charge in [0.25, 0.3) is 0 Å². The minimum atomic E-state index is 0.293. The number of nitrogens with one attached hydrogen (secondary N) is 1. The van der Waals surface area contributed by atoms with Gasteiger partial charge in [0.2, 0.25) is 0 Å². The second kappa shape index (κ2) is 9.32. The monoisotopic (exact) mass is 395 g/mol. The molecule has 1 saturated heterocycles. The molecule has 0 amide bonds. The van der Waals surface area contributed by atoms with Gasteiger partial charge in [0.05, 0.1) is 6.33 Å². The van der Waals surface area contributed by atoms with E-state index in [1.54, 1.807) is 6.33 Å². The van der Waals surface area contributed by atoms with E-state index in [0.29, 0.717) is 5.92 Å². The van der Waals surface area contributed by atoms with Crippen LogP contribution in [0.4, 0.5) is 0 Å². The molecule has 1 aliphatic rings. The largest absolute Gasteiger partial charge is 0.347 e. The fraction of sp³-hybridized carbons (Fsp3) is 0.364. The van der Waals surface area contributed by atoms with Gasteiger partial charge in [0.15, 0.2) is 0 Å². The highest BCUT2D eigenvalue weighted by Crippen LogP contribution is 2.28. The fourth-order valence-electron chi connectivity index (χ4n) is 3.86. The first-order chi connectivity index (χ1) is 13.8. The maximum atomic E-state index is 6.09. The van der Waals surface area contributed by atoms with Crippen molar-refractivity contribution in [3.8, 4) is 0 Å². The number of hydrogen-bond acceptors (Lipinski definition) is 4. The third-order valence-electron chi connectivity index (χ3n) is 5.46. The van der Waals surface area contributed by atoms with Gasteiger partial charge in [0, 0.05) is 67.4 Å². The number of aromatic nitrogens is 3. The zero-order valence-electron chi connectivity index (χ0n) is 16.0. The molecule has 1 N–H and O–H groups in total. The van der Waals surface area contributed by atoms with Crippen molar-refractivity contribution < 1.29 is 0 Å². The van der Waals surface area contributed by atoms with Crippen molar-refractivity contribution in [3.63, 3.8) is 0 Å². The summed E-state index contributed by atoms with van der Waals surface area (Å²) in [5.41, 5.74) is 3.59. The SMILES string of the molecule is Clc1ccc(C(CCN2CCN(Cc3cnc[nH]3)CC2)c2ccccn2)cc1. The molecule has 1 aliphatic heterocycles. The fourth-order valence-corrected chi connectivity index (χ4v) is 3.98. The molecule has 0 aliphatic carbocycles. The number of halogens is 1. The molecule has 4 rings (SSSR count). The van der Waals surface area contributed by atoms with Crippen LogP contribution in [-0.4, -0.2) is 57.5 Å². The average molecular weight is 396 g/mol. The molecular formula is C22H26ClN5. The highest BCUT2D eigenvalue weighted by molar-refractivity contribution is 6.30. The van der Waals surface area contributed by atoms with E-state index in [1.165, 1.54) is 11.3 Å². The summed E-state index contributed by atoms with van der Waals surface area (Å²) in [6.07, 6.45) is 6.60. The van der Waals surface area contributed by atoms with Crippen molar-refractivity contribution >= 4 is 11.6 Å². The van der Waals surface area contributed by atoms with Crippen LogP contribution in [-0.2, 0) is 6.54 Å². The van der Waals surface area contributed by atoms with Gasteiger partial charge in [-0.3, -0.25) is 9.88 Å². The quantitative estimate of drug-likeness (QED) is 0.661. The Bertz CT molecular complexity index is 827. The second-order valence-corrected chi connectivity index (χ2v) is 7.78. The lowest BCUT2D eigenvalue weighted by Gasteiger charge is -2.35. The van der Waals surface area contributed by atoms with E-state index >= 15 is 0 Å². The van der Waals surface area contributed by atoms with Crippen molar-refractivity contribution in [3.05, 3.63) is 83.2 Å². The lowest BCUT2D eigenvalue weighted by atomic mass is 9.91. The molecule has 3 heterocycles. The highest BCUT2D eigenvalue weighted by atomic mass is 35.5. The summed E-state index contributed by atoms with van der Waals surface area (Å²) in [7, 11) is 0. The zero-order chi connectivity index (χ0) is 19.2. The van der Waals surface area contributed by atoms with Crippen LogP contribution in [0.5, 0.6) is 0 Å². The second-order valence-electron chi connectivity index (χ2n) is 7.34. The smallest absolute Gasteiger partial charge is 0.0922 e. The van der Waals surface area contributed by atoms with Gasteiger partial charge in [0.1, 0.15) is 0 Å². The zero-order valence-corrected chi connectivity index (χ0v) is 16.7.